The SMILES string of the molecule is COc1c(Cl)cc(C(=O)N2CCC(NC(=O)c3ccccc3)CC2)cc1Cl. The van der Waals surface area contributed by atoms with Crippen LogP contribution >= 0.6 is 23.2 Å². The number of nitrogens with zero attached hydrogens (tertiary/aromatic N) is 1. The third kappa shape index (κ3) is 4.54. The summed E-state index contributed by atoms with van der Waals surface area (Å²) in [5.41, 5.74) is 1.07. The summed E-state index contributed by atoms with van der Waals surface area (Å²) in [6.07, 6.45) is 1.39. The predicted molar refractivity (Wildman–Crippen MR) is 106 cm³/mol. The van der Waals surface area contributed by atoms with Crippen LogP contribution in [0, 0.1) is 0 Å². The average Bonchev–Trinajstić information content (AvgIpc) is 2.68. The van der Waals surface area contributed by atoms with Gasteiger partial charge in [-0.2, -0.15) is 0 Å². The lowest BCUT2D eigenvalue weighted by Crippen LogP contribution is -2.46. The molecular formula is C20H20Cl2N2O3. The minimum Gasteiger partial charge on any atom is -0.494 e. The highest BCUT2D eigenvalue weighted by molar-refractivity contribution is 6.37. The number of nitrogens with one attached hydrogen (secondary N) is 1. The minimum atomic E-state index is -0.130. The maximum Gasteiger partial charge on any atom is 0.253 e. The highest BCUT2D eigenvalue weighted by Crippen LogP contribution is 2.34. The monoisotopic (exact) mass is 406 g/mol. The van der Waals surface area contributed by atoms with Gasteiger partial charge in [-0.15, -0.1) is 0 Å². The normalized spacial score (nSPS) is 14.7. The molecule has 0 spiro atoms. The highest BCUT2D eigenvalue weighted by Gasteiger charge is 2.26. The van der Waals surface area contributed by atoms with Gasteiger partial charge in [0.25, 0.3) is 11.8 Å². The molecule has 2 aromatic carbocycles. The number of amides is 2. The van der Waals surface area contributed by atoms with Crippen LogP contribution in [0.25, 0.3) is 0 Å². The Morgan fingerprint density at radius 2 is 1.63 bits per heavy atom. The average molecular weight is 407 g/mol. The van der Waals surface area contributed by atoms with Crippen LogP contribution in [0.2, 0.25) is 10.0 Å². The van der Waals surface area contributed by atoms with Gasteiger partial charge in [0.2, 0.25) is 0 Å². The summed E-state index contributed by atoms with van der Waals surface area (Å²) in [5, 5.41) is 3.64. The molecule has 1 saturated heterocycles. The van der Waals surface area contributed by atoms with Crippen LogP contribution in [-0.4, -0.2) is 43.0 Å². The van der Waals surface area contributed by atoms with Gasteiger partial charge in [-0.05, 0) is 37.1 Å². The number of hydrogen-bond acceptors (Lipinski definition) is 3. The van der Waals surface area contributed by atoms with E-state index in [2.05, 4.69) is 5.32 Å². The third-order valence-corrected chi connectivity index (χ3v) is 5.16. The summed E-state index contributed by atoms with van der Waals surface area (Å²) in [6.45, 7) is 1.11. The number of halogens is 2. The fourth-order valence-corrected chi connectivity index (χ4v) is 3.79. The summed E-state index contributed by atoms with van der Waals surface area (Å²) < 4.78 is 5.11. The quantitative estimate of drug-likeness (QED) is 0.833. The molecule has 5 nitrogen and oxygen atoms in total. The fourth-order valence-electron chi connectivity index (χ4n) is 3.15. The number of methoxy groups -OCH3 is 1. The lowest BCUT2D eigenvalue weighted by atomic mass is 10.0. The van der Waals surface area contributed by atoms with Crippen molar-refractivity contribution in [2.45, 2.75) is 18.9 Å². The number of piperidine rings is 1. The van der Waals surface area contributed by atoms with Crippen LogP contribution in [0.5, 0.6) is 5.75 Å². The first-order chi connectivity index (χ1) is 13.0. The molecule has 0 radical (unpaired) electrons. The maximum atomic E-state index is 12.7. The first-order valence-corrected chi connectivity index (χ1v) is 9.43. The zero-order valence-electron chi connectivity index (χ0n) is 14.9. The number of rotatable bonds is 4. The molecule has 0 aromatic heterocycles. The summed E-state index contributed by atoms with van der Waals surface area (Å²) >= 11 is 12.3. The molecule has 27 heavy (non-hydrogen) atoms. The zero-order valence-corrected chi connectivity index (χ0v) is 16.4. The summed E-state index contributed by atoms with van der Waals surface area (Å²) in [7, 11) is 1.48. The summed E-state index contributed by atoms with van der Waals surface area (Å²) in [6, 6.07) is 12.3. The Hall–Kier alpha value is -2.24. The van der Waals surface area contributed by atoms with Gasteiger partial charge in [-0.1, -0.05) is 41.4 Å². The van der Waals surface area contributed by atoms with E-state index in [1.165, 1.54) is 7.11 Å². The molecule has 1 aliphatic rings. The van der Waals surface area contributed by atoms with Gasteiger partial charge in [0.15, 0.2) is 5.75 Å². The molecule has 142 valence electrons. The van der Waals surface area contributed by atoms with Gasteiger partial charge < -0.3 is 15.0 Å². The van der Waals surface area contributed by atoms with Crippen molar-refractivity contribution >= 4 is 35.0 Å². The first kappa shape index (κ1) is 19.5. The molecule has 1 N–H and O–H groups in total. The molecular weight excluding hydrogens is 387 g/mol. The second-order valence-electron chi connectivity index (χ2n) is 6.38. The van der Waals surface area contributed by atoms with E-state index in [1.54, 1.807) is 29.2 Å². The van der Waals surface area contributed by atoms with Crippen molar-refractivity contribution in [2.24, 2.45) is 0 Å². The molecule has 0 saturated carbocycles. The number of carbonyl (C=O) groups is 2. The summed E-state index contributed by atoms with van der Waals surface area (Å²) in [4.78, 5) is 26.7. The molecule has 2 amide bonds. The van der Waals surface area contributed by atoms with Crippen LogP contribution < -0.4 is 10.1 Å². The van der Waals surface area contributed by atoms with Gasteiger partial charge in [-0.25, -0.2) is 0 Å². The van der Waals surface area contributed by atoms with E-state index in [4.69, 9.17) is 27.9 Å². The van der Waals surface area contributed by atoms with Crippen molar-refractivity contribution in [2.75, 3.05) is 20.2 Å². The lowest BCUT2D eigenvalue weighted by Gasteiger charge is -2.32. The van der Waals surface area contributed by atoms with Crippen molar-refractivity contribution in [3.8, 4) is 5.75 Å². The van der Waals surface area contributed by atoms with E-state index >= 15 is 0 Å². The molecule has 1 fully saturated rings. The molecule has 3 rings (SSSR count). The van der Waals surface area contributed by atoms with E-state index in [9.17, 15) is 9.59 Å². The number of ether oxygens (including phenoxy) is 1. The largest absolute Gasteiger partial charge is 0.494 e. The Kier molecular flexibility index (Phi) is 6.24. The van der Waals surface area contributed by atoms with Crippen molar-refractivity contribution in [1.29, 1.82) is 0 Å². The molecule has 7 heteroatoms. The van der Waals surface area contributed by atoms with Crippen molar-refractivity contribution in [3.63, 3.8) is 0 Å². The second kappa shape index (κ2) is 8.63. The van der Waals surface area contributed by atoms with Crippen molar-refractivity contribution < 1.29 is 14.3 Å². The zero-order chi connectivity index (χ0) is 19.4. The van der Waals surface area contributed by atoms with Crippen LogP contribution in [0.3, 0.4) is 0 Å². The Bertz CT molecular complexity index is 811. The van der Waals surface area contributed by atoms with E-state index in [0.717, 1.165) is 0 Å². The van der Waals surface area contributed by atoms with Crippen LogP contribution in [0.4, 0.5) is 0 Å². The molecule has 0 atom stereocenters. The molecule has 2 aromatic rings. The van der Waals surface area contributed by atoms with E-state index < -0.39 is 0 Å². The lowest BCUT2D eigenvalue weighted by molar-refractivity contribution is 0.0698. The second-order valence-corrected chi connectivity index (χ2v) is 7.19. The molecule has 0 bridgehead atoms. The minimum absolute atomic E-state index is 0.0461. The van der Waals surface area contributed by atoms with Crippen LogP contribution in [0.1, 0.15) is 33.6 Å². The molecule has 1 aliphatic heterocycles. The Morgan fingerprint density at radius 1 is 1.04 bits per heavy atom. The Labute approximate surface area is 168 Å². The van der Waals surface area contributed by atoms with Crippen molar-refractivity contribution in [3.05, 3.63) is 63.6 Å². The standard InChI is InChI=1S/C20H20Cl2N2O3/c1-27-18-16(21)11-14(12-17(18)22)20(26)24-9-7-15(8-10-24)23-19(25)13-5-3-2-4-6-13/h2-6,11-12,15H,7-10H2,1H3,(H,23,25). The van der Waals surface area contributed by atoms with Crippen LogP contribution in [0.15, 0.2) is 42.5 Å². The van der Waals surface area contributed by atoms with Crippen LogP contribution in [-0.2, 0) is 0 Å². The number of hydrogen-bond donors (Lipinski definition) is 1. The predicted octanol–water partition coefficient (Wildman–Crippen LogP) is 4.04. The van der Waals surface area contributed by atoms with Gasteiger partial charge in [0, 0.05) is 30.3 Å². The van der Waals surface area contributed by atoms with E-state index in [1.807, 2.05) is 18.2 Å². The Balaban J connectivity index is 1.59. The number of likely N-dealkylation sites (tertiary alicyclic amines) is 1. The van der Waals surface area contributed by atoms with E-state index in [0.29, 0.717) is 52.9 Å². The van der Waals surface area contributed by atoms with Gasteiger partial charge in [0.05, 0.1) is 17.2 Å². The number of carbonyl (C=O) groups excluding carboxylic acids is 2. The van der Waals surface area contributed by atoms with Gasteiger partial charge in [0.1, 0.15) is 0 Å². The first-order valence-electron chi connectivity index (χ1n) is 8.68. The fraction of sp³-hybridized carbons (Fsp3) is 0.300. The maximum absolute atomic E-state index is 12.7. The van der Waals surface area contributed by atoms with E-state index in [-0.39, 0.29) is 17.9 Å². The third-order valence-electron chi connectivity index (χ3n) is 4.60. The topological polar surface area (TPSA) is 58.6 Å². The smallest absolute Gasteiger partial charge is 0.253 e. The number of benzene rings is 2. The van der Waals surface area contributed by atoms with Crippen molar-refractivity contribution in [1.82, 2.24) is 10.2 Å². The molecule has 1 heterocycles. The molecule has 0 unspecified atom stereocenters. The summed E-state index contributed by atoms with van der Waals surface area (Å²) in [5.74, 6) is 0.139. The Morgan fingerprint density at radius 3 is 2.19 bits per heavy atom. The molecule has 0 aliphatic carbocycles. The van der Waals surface area contributed by atoms with Gasteiger partial charge >= 0.3 is 0 Å². The van der Waals surface area contributed by atoms with Gasteiger partial charge in [-0.3, -0.25) is 9.59 Å². The highest BCUT2D eigenvalue weighted by atomic mass is 35.5.